The molecule has 1 radical (unpaired) electrons. The van der Waals surface area contributed by atoms with Crippen LogP contribution in [0.3, 0.4) is 0 Å². The van der Waals surface area contributed by atoms with Crippen LogP contribution < -0.4 is 0 Å². The van der Waals surface area contributed by atoms with Crippen molar-refractivity contribution in [1.82, 2.24) is 4.98 Å². The van der Waals surface area contributed by atoms with Gasteiger partial charge in [-0.25, -0.2) is 12.1 Å². The Hall–Kier alpha value is -0.501. The van der Waals surface area contributed by atoms with Gasteiger partial charge in [-0.2, -0.15) is 0 Å². The van der Waals surface area contributed by atoms with Gasteiger partial charge in [0.15, 0.2) is 0 Å². The maximum Gasteiger partial charge on any atom is 0.0498 e. The Morgan fingerprint density at radius 1 is 1.33 bits per heavy atom. The van der Waals surface area contributed by atoms with E-state index in [2.05, 4.69) is 58.0 Å². The Balaban J connectivity index is 0.00000162. The summed E-state index contributed by atoms with van der Waals surface area (Å²) in [5.41, 5.74) is 2.24. The van der Waals surface area contributed by atoms with Crippen LogP contribution in [-0.4, -0.2) is 4.98 Å². The number of aryl methyl sites for hydroxylation is 2. The Morgan fingerprint density at radius 3 is 2.61 bits per heavy atom. The van der Waals surface area contributed by atoms with E-state index in [-0.39, 0.29) is 25.5 Å². The summed E-state index contributed by atoms with van der Waals surface area (Å²) in [5, 5.41) is 0. The van der Waals surface area contributed by atoms with Crippen LogP contribution in [0.5, 0.6) is 0 Å². The molecule has 0 unspecified atom stereocenters. The van der Waals surface area contributed by atoms with Gasteiger partial charge in [-0.1, -0.05) is 38.6 Å². The zero-order valence-electron chi connectivity index (χ0n) is 11.2. The van der Waals surface area contributed by atoms with E-state index >= 15 is 0 Å². The quantitative estimate of drug-likeness (QED) is 0.659. The molecule has 0 aromatic carbocycles. The first-order valence-corrected chi connectivity index (χ1v) is 6.80. The molecule has 0 N–H and O–H groups in total. The van der Waals surface area contributed by atoms with Crippen molar-refractivity contribution in [2.75, 3.05) is 0 Å². The molecule has 2 rings (SSSR count). The van der Waals surface area contributed by atoms with E-state index in [1.165, 1.54) is 9.75 Å². The first kappa shape index (κ1) is 15.6. The van der Waals surface area contributed by atoms with Crippen LogP contribution in [0.2, 0.25) is 0 Å². The maximum absolute atomic E-state index is 4.74. The Bertz CT molecular complexity index is 517. The van der Waals surface area contributed by atoms with Gasteiger partial charge in [-0.3, -0.25) is 16.3 Å². The van der Waals surface area contributed by atoms with E-state index < -0.39 is 0 Å². The molecule has 1 nitrogen and oxygen atoms in total. The Kier molecular flexibility index (Phi) is 5.27. The summed E-state index contributed by atoms with van der Waals surface area (Å²) in [6.07, 6.45) is 0.983. The molecule has 3 heteroatoms. The minimum Gasteiger partial charge on any atom is -0.266 e. The molecule has 0 atom stereocenters. The number of nitrogens with zero attached hydrogens (tertiary/aromatic N) is 1. The van der Waals surface area contributed by atoms with E-state index in [1.807, 2.05) is 11.3 Å². The standard InChI is InChI=1S/C15H18NS.Ir/c1-5-12-7-6-8-13(16-12)15(3,4)14-10-9-11(2)17-14;/h6-9H,5H2,1-4H3;/q-1;. The van der Waals surface area contributed by atoms with Gasteiger partial charge in [0.2, 0.25) is 0 Å². The van der Waals surface area contributed by atoms with Crippen molar-refractivity contribution >= 4 is 11.3 Å². The molecule has 0 saturated heterocycles. The van der Waals surface area contributed by atoms with Crippen molar-refractivity contribution in [1.29, 1.82) is 0 Å². The second-order valence-electron chi connectivity index (χ2n) is 4.82. The molecular weight excluding hydrogens is 418 g/mol. The molecule has 99 valence electrons. The topological polar surface area (TPSA) is 12.9 Å². The van der Waals surface area contributed by atoms with Gasteiger partial charge in [-0.05, 0) is 18.6 Å². The van der Waals surface area contributed by atoms with Crippen molar-refractivity contribution in [3.63, 3.8) is 0 Å². The summed E-state index contributed by atoms with van der Waals surface area (Å²) in [7, 11) is 0. The van der Waals surface area contributed by atoms with Crippen LogP contribution in [0.4, 0.5) is 0 Å². The molecule has 0 aliphatic carbocycles. The third kappa shape index (κ3) is 3.09. The zero-order chi connectivity index (χ0) is 12.5. The average molecular weight is 437 g/mol. The molecule has 0 saturated carbocycles. The summed E-state index contributed by atoms with van der Waals surface area (Å²) >= 11 is 1.81. The number of rotatable bonds is 3. The second kappa shape index (κ2) is 6.10. The SMILES string of the molecule is CCc1cccc(C(C)(C)c2[c-]cc(C)s2)n1.[Ir]. The number of pyridine rings is 1. The van der Waals surface area contributed by atoms with Crippen LogP contribution in [-0.2, 0) is 31.9 Å². The Labute approximate surface area is 127 Å². The van der Waals surface area contributed by atoms with Gasteiger partial charge in [0.1, 0.15) is 0 Å². The molecule has 0 aliphatic heterocycles. The summed E-state index contributed by atoms with van der Waals surface area (Å²) in [6.45, 7) is 8.70. The third-order valence-corrected chi connectivity index (χ3v) is 4.32. The molecule has 0 amide bonds. The fourth-order valence-corrected chi connectivity index (χ4v) is 2.75. The number of aromatic nitrogens is 1. The second-order valence-corrected chi connectivity index (χ2v) is 6.08. The van der Waals surface area contributed by atoms with Crippen LogP contribution in [0.25, 0.3) is 0 Å². The summed E-state index contributed by atoms with van der Waals surface area (Å²) in [6, 6.07) is 11.7. The fourth-order valence-electron chi connectivity index (χ4n) is 1.84. The van der Waals surface area contributed by atoms with E-state index in [1.54, 1.807) is 0 Å². The first-order chi connectivity index (χ1) is 8.04. The fraction of sp³-hybridized carbons (Fsp3) is 0.400. The zero-order valence-corrected chi connectivity index (χ0v) is 14.4. The van der Waals surface area contributed by atoms with Crippen LogP contribution in [0.15, 0.2) is 24.3 Å². The van der Waals surface area contributed by atoms with Gasteiger partial charge in [0.05, 0.1) is 0 Å². The largest absolute Gasteiger partial charge is 0.266 e. The number of hydrogen-bond acceptors (Lipinski definition) is 2. The number of thiophene rings is 1. The summed E-state index contributed by atoms with van der Waals surface area (Å²) < 4.78 is 0. The van der Waals surface area contributed by atoms with Gasteiger partial charge >= 0.3 is 0 Å². The number of hydrogen-bond donors (Lipinski definition) is 0. The minimum absolute atomic E-state index is 0. The van der Waals surface area contributed by atoms with Gasteiger partial charge in [0, 0.05) is 36.9 Å². The maximum atomic E-state index is 4.74. The minimum atomic E-state index is -0.0515. The smallest absolute Gasteiger partial charge is 0.0498 e. The summed E-state index contributed by atoms with van der Waals surface area (Å²) in [5.74, 6) is 0. The van der Waals surface area contributed by atoms with Gasteiger partial charge in [-0.15, -0.1) is 4.88 Å². The van der Waals surface area contributed by atoms with Crippen LogP contribution >= 0.6 is 11.3 Å². The van der Waals surface area contributed by atoms with Crippen molar-refractivity contribution in [3.8, 4) is 0 Å². The van der Waals surface area contributed by atoms with Gasteiger partial charge < -0.3 is 0 Å². The molecule has 2 aromatic rings. The first-order valence-electron chi connectivity index (χ1n) is 5.99. The Morgan fingerprint density at radius 2 is 2.06 bits per heavy atom. The van der Waals surface area contributed by atoms with Crippen molar-refractivity contribution in [2.45, 2.75) is 39.5 Å². The summed E-state index contributed by atoms with van der Waals surface area (Å²) in [4.78, 5) is 7.30. The van der Waals surface area contributed by atoms with Crippen LogP contribution in [0.1, 0.15) is 41.9 Å². The predicted molar refractivity (Wildman–Crippen MR) is 73.6 cm³/mol. The van der Waals surface area contributed by atoms with Gasteiger partial charge in [0.25, 0.3) is 0 Å². The van der Waals surface area contributed by atoms with Crippen molar-refractivity contribution in [3.05, 3.63) is 51.5 Å². The van der Waals surface area contributed by atoms with E-state index in [9.17, 15) is 0 Å². The molecule has 0 spiro atoms. The molecule has 0 aliphatic rings. The molecule has 2 aromatic heterocycles. The normalized spacial score (nSPS) is 11.1. The molecule has 18 heavy (non-hydrogen) atoms. The molecule has 2 heterocycles. The van der Waals surface area contributed by atoms with E-state index in [4.69, 9.17) is 4.98 Å². The van der Waals surface area contributed by atoms with Crippen LogP contribution in [0, 0.1) is 13.0 Å². The third-order valence-electron chi connectivity index (χ3n) is 3.05. The van der Waals surface area contributed by atoms with Crippen molar-refractivity contribution < 1.29 is 20.1 Å². The predicted octanol–water partition coefficient (Wildman–Crippen LogP) is 4.14. The average Bonchev–Trinajstić information content (AvgIpc) is 2.76. The van der Waals surface area contributed by atoms with E-state index in [0.717, 1.165) is 17.8 Å². The molecule has 0 bridgehead atoms. The molecular formula is C15H18IrNS-. The molecule has 0 fully saturated rings. The monoisotopic (exact) mass is 437 g/mol. The van der Waals surface area contributed by atoms with E-state index in [0.29, 0.717) is 0 Å². The van der Waals surface area contributed by atoms with Crippen molar-refractivity contribution in [2.24, 2.45) is 0 Å².